The third-order valence-corrected chi connectivity index (χ3v) is 5.31. The lowest BCUT2D eigenvalue weighted by molar-refractivity contribution is 0.334. The lowest BCUT2D eigenvalue weighted by atomic mass is 9.96. The predicted molar refractivity (Wildman–Crippen MR) is 106 cm³/mol. The summed E-state index contributed by atoms with van der Waals surface area (Å²) in [7, 11) is 1.68. The summed E-state index contributed by atoms with van der Waals surface area (Å²) in [5, 5.41) is 5.49. The number of methoxy groups -OCH3 is 1. The zero-order chi connectivity index (χ0) is 18.8. The molecule has 1 aromatic carbocycles. The van der Waals surface area contributed by atoms with Gasteiger partial charge in [0, 0.05) is 43.0 Å². The maximum absolute atomic E-state index is 12.0. The van der Waals surface area contributed by atoms with Gasteiger partial charge < -0.3 is 9.64 Å². The maximum Gasteiger partial charge on any atom is 0.266 e. The summed E-state index contributed by atoms with van der Waals surface area (Å²) in [6.45, 7) is 4.53. The van der Waals surface area contributed by atoms with E-state index in [-0.39, 0.29) is 5.56 Å². The normalized spacial score (nSPS) is 15.3. The first kappa shape index (κ1) is 17.5. The number of aryl methyl sites for hydroxylation is 1. The second-order valence-corrected chi connectivity index (χ2v) is 7.14. The molecule has 1 aliphatic heterocycles. The fraction of sp³-hybridized carbons (Fsp3) is 0.381. The molecule has 0 N–H and O–H groups in total. The molecule has 4 rings (SSSR count). The largest absolute Gasteiger partial charge is 0.497 e. The van der Waals surface area contributed by atoms with Crippen molar-refractivity contribution in [3.8, 4) is 5.75 Å². The van der Waals surface area contributed by atoms with Gasteiger partial charge in [-0.15, -0.1) is 0 Å². The minimum atomic E-state index is -0.0183. The van der Waals surface area contributed by atoms with Crippen molar-refractivity contribution in [2.75, 3.05) is 25.1 Å². The van der Waals surface area contributed by atoms with E-state index in [0.717, 1.165) is 48.3 Å². The molecule has 27 heavy (non-hydrogen) atoms. The summed E-state index contributed by atoms with van der Waals surface area (Å²) in [5.41, 5.74) is 3.04. The Kier molecular flexibility index (Phi) is 4.79. The van der Waals surface area contributed by atoms with Crippen molar-refractivity contribution >= 4 is 16.6 Å². The average Bonchev–Trinajstić information content (AvgIpc) is 2.70. The monoisotopic (exact) mass is 364 g/mol. The summed E-state index contributed by atoms with van der Waals surface area (Å²) in [6, 6.07) is 11.4. The number of anilines is 1. The first-order valence-corrected chi connectivity index (χ1v) is 9.36. The molecule has 0 radical (unpaired) electrons. The number of pyridine rings is 1. The van der Waals surface area contributed by atoms with Crippen molar-refractivity contribution in [1.82, 2.24) is 14.8 Å². The van der Waals surface area contributed by atoms with Gasteiger partial charge in [-0.3, -0.25) is 9.78 Å². The Labute approximate surface area is 158 Å². The molecule has 0 spiro atoms. The third-order valence-electron chi connectivity index (χ3n) is 5.31. The number of rotatable bonds is 4. The van der Waals surface area contributed by atoms with Gasteiger partial charge in [-0.2, -0.15) is 5.10 Å². The number of piperidine rings is 1. The van der Waals surface area contributed by atoms with Crippen LogP contribution in [-0.2, 0) is 6.54 Å². The smallest absolute Gasteiger partial charge is 0.266 e. The van der Waals surface area contributed by atoms with Gasteiger partial charge in [-0.25, -0.2) is 4.68 Å². The maximum atomic E-state index is 12.0. The molecular formula is C21H24N4O2. The number of nitrogens with zero attached hydrogens (tertiary/aromatic N) is 4. The predicted octanol–water partition coefficient (Wildman–Crippen LogP) is 3.03. The molecule has 0 unspecified atom stereocenters. The molecule has 140 valence electrons. The molecule has 6 heteroatoms. The van der Waals surface area contributed by atoms with Crippen LogP contribution < -0.4 is 15.2 Å². The van der Waals surface area contributed by atoms with Crippen LogP contribution in [0, 0.1) is 12.8 Å². The van der Waals surface area contributed by atoms with E-state index >= 15 is 0 Å². The van der Waals surface area contributed by atoms with Crippen LogP contribution in [0.4, 0.5) is 5.69 Å². The molecule has 1 fully saturated rings. The fourth-order valence-corrected chi connectivity index (χ4v) is 3.80. The second-order valence-electron chi connectivity index (χ2n) is 7.14. The van der Waals surface area contributed by atoms with Crippen molar-refractivity contribution < 1.29 is 4.74 Å². The molecule has 2 aromatic heterocycles. The summed E-state index contributed by atoms with van der Waals surface area (Å²) in [4.78, 5) is 18.9. The summed E-state index contributed by atoms with van der Waals surface area (Å²) in [6.07, 6.45) is 3.94. The van der Waals surface area contributed by atoms with E-state index < -0.39 is 0 Å². The van der Waals surface area contributed by atoms with E-state index in [4.69, 9.17) is 4.74 Å². The number of ether oxygens (including phenoxy) is 1. The molecule has 1 aliphatic rings. The van der Waals surface area contributed by atoms with Gasteiger partial charge in [-0.1, -0.05) is 0 Å². The zero-order valence-corrected chi connectivity index (χ0v) is 15.8. The second kappa shape index (κ2) is 7.39. The molecule has 6 nitrogen and oxygen atoms in total. The highest BCUT2D eigenvalue weighted by atomic mass is 16.5. The third kappa shape index (κ3) is 3.65. The van der Waals surface area contributed by atoms with Crippen molar-refractivity contribution in [1.29, 1.82) is 0 Å². The summed E-state index contributed by atoms with van der Waals surface area (Å²) < 4.78 is 7.00. The van der Waals surface area contributed by atoms with Crippen LogP contribution in [0.25, 0.3) is 10.9 Å². The number of aromatic nitrogens is 3. The molecule has 3 heterocycles. The molecular weight excluding hydrogens is 340 g/mol. The fourth-order valence-electron chi connectivity index (χ4n) is 3.80. The summed E-state index contributed by atoms with van der Waals surface area (Å²) >= 11 is 0. The Hall–Kier alpha value is -2.89. The number of fused-ring (bicyclic) bond motifs is 1. The number of benzene rings is 1. The minimum Gasteiger partial charge on any atom is -0.497 e. The number of hydrogen-bond donors (Lipinski definition) is 0. The van der Waals surface area contributed by atoms with Crippen LogP contribution in [0.1, 0.15) is 18.5 Å². The topological polar surface area (TPSA) is 60.2 Å². The van der Waals surface area contributed by atoms with Gasteiger partial charge in [0.25, 0.3) is 5.56 Å². The van der Waals surface area contributed by atoms with Crippen molar-refractivity contribution in [2.45, 2.75) is 26.3 Å². The Morgan fingerprint density at radius 2 is 1.96 bits per heavy atom. The van der Waals surface area contributed by atoms with Crippen LogP contribution in [0.5, 0.6) is 5.75 Å². The van der Waals surface area contributed by atoms with Crippen molar-refractivity contribution in [3.05, 3.63) is 58.6 Å². The molecule has 0 atom stereocenters. The molecule has 0 bridgehead atoms. The van der Waals surface area contributed by atoms with Crippen LogP contribution in [0.3, 0.4) is 0 Å². The Morgan fingerprint density at radius 3 is 2.74 bits per heavy atom. The standard InChI is InChI=1S/C21H24N4O2/c1-15-3-6-21(26)25(23-15)14-16-8-11-24(12-9-16)20-7-10-22-19-5-4-17(27-2)13-18(19)20/h3-7,10,13,16H,8-9,11-12,14H2,1-2H3. The van der Waals surface area contributed by atoms with Gasteiger partial charge in [-0.05, 0) is 56.0 Å². The van der Waals surface area contributed by atoms with E-state index in [0.29, 0.717) is 12.5 Å². The lowest BCUT2D eigenvalue weighted by Gasteiger charge is -2.34. The summed E-state index contributed by atoms with van der Waals surface area (Å²) in [5.74, 6) is 1.31. The minimum absolute atomic E-state index is 0.0183. The number of hydrogen-bond acceptors (Lipinski definition) is 5. The van der Waals surface area contributed by atoms with E-state index in [9.17, 15) is 4.79 Å². The van der Waals surface area contributed by atoms with E-state index in [1.165, 1.54) is 5.69 Å². The van der Waals surface area contributed by atoms with Crippen LogP contribution in [-0.4, -0.2) is 35.0 Å². The first-order valence-electron chi connectivity index (χ1n) is 9.36. The zero-order valence-electron chi connectivity index (χ0n) is 15.8. The van der Waals surface area contributed by atoms with Crippen LogP contribution >= 0.6 is 0 Å². The molecule has 3 aromatic rings. The highest BCUT2D eigenvalue weighted by molar-refractivity contribution is 5.92. The van der Waals surface area contributed by atoms with E-state index in [1.54, 1.807) is 23.9 Å². The van der Waals surface area contributed by atoms with Gasteiger partial charge >= 0.3 is 0 Å². The van der Waals surface area contributed by atoms with Crippen LogP contribution in [0.15, 0.2) is 47.4 Å². The Balaban J connectivity index is 1.50. The Morgan fingerprint density at radius 1 is 1.15 bits per heavy atom. The highest BCUT2D eigenvalue weighted by Crippen LogP contribution is 2.31. The molecule has 0 aliphatic carbocycles. The SMILES string of the molecule is COc1ccc2nccc(N3CCC(Cn4nc(C)ccc4=O)CC3)c2c1. The van der Waals surface area contributed by atoms with Crippen LogP contribution in [0.2, 0.25) is 0 Å². The van der Waals surface area contributed by atoms with Gasteiger partial charge in [0.1, 0.15) is 5.75 Å². The van der Waals surface area contributed by atoms with Crippen molar-refractivity contribution in [3.63, 3.8) is 0 Å². The van der Waals surface area contributed by atoms with Gasteiger partial charge in [0.05, 0.1) is 18.3 Å². The van der Waals surface area contributed by atoms with Gasteiger partial charge in [0.15, 0.2) is 0 Å². The highest BCUT2D eigenvalue weighted by Gasteiger charge is 2.22. The quantitative estimate of drug-likeness (QED) is 0.712. The Bertz CT molecular complexity index is 1010. The molecule has 0 saturated carbocycles. The van der Waals surface area contributed by atoms with Crippen molar-refractivity contribution in [2.24, 2.45) is 5.92 Å². The van der Waals surface area contributed by atoms with Gasteiger partial charge in [0.2, 0.25) is 0 Å². The molecule has 1 saturated heterocycles. The first-order chi connectivity index (χ1) is 13.1. The van der Waals surface area contributed by atoms with E-state index in [2.05, 4.69) is 27.1 Å². The lowest BCUT2D eigenvalue weighted by Crippen LogP contribution is -2.37. The van der Waals surface area contributed by atoms with E-state index in [1.807, 2.05) is 25.3 Å². The molecule has 0 amide bonds. The average molecular weight is 364 g/mol.